The Labute approximate surface area is 127 Å². The van der Waals surface area contributed by atoms with Gasteiger partial charge < -0.3 is 5.11 Å². The average molecular weight is 325 g/mol. The number of rotatable bonds is 5. The minimum absolute atomic E-state index is 0.120. The molecule has 21 heavy (non-hydrogen) atoms. The normalized spacial score (nSPS) is 11.3. The predicted molar refractivity (Wildman–Crippen MR) is 82.7 cm³/mol. The number of hydrogen-bond donors (Lipinski definition) is 1. The second-order valence-corrected chi connectivity index (χ2v) is 7.07. The summed E-state index contributed by atoms with van der Waals surface area (Å²) >= 11 is 0.929. The summed E-state index contributed by atoms with van der Waals surface area (Å²) < 4.78 is 26.9. The topological polar surface area (TPSA) is 74.7 Å². The number of anilines is 1. The molecule has 0 spiro atoms. The van der Waals surface area contributed by atoms with E-state index in [2.05, 4.69) is 0 Å². The maximum absolute atomic E-state index is 12.8. The van der Waals surface area contributed by atoms with Crippen LogP contribution in [0.1, 0.15) is 22.2 Å². The predicted octanol–water partition coefficient (Wildman–Crippen LogP) is 2.97. The van der Waals surface area contributed by atoms with Gasteiger partial charge in [-0.2, -0.15) is 0 Å². The largest absolute Gasteiger partial charge is 0.477 e. The van der Waals surface area contributed by atoms with Gasteiger partial charge in [0.2, 0.25) is 0 Å². The number of thiophene rings is 1. The number of carboxylic acids is 1. The van der Waals surface area contributed by atoms with Crippen LogP contribution in [0.15, 0.2) is 40.6 Å². The monoisotopic (exact) mass is 325 g/mol. The molecule has 1 N–H and O–H groups in total. The van der Waals surface area contributed by atoms with Crippen LogP contribution in [-0.2, 0) is 10.0 Å². The number of benzene rings is 1. The molecule has 5 nitrogen and oxygen atoms in total. The first-order chi connectivity index (χ1) is 9.89. The fraction of sp³-hybridized carbons (Fsp3) is 0.214. The highest BCUT2D eigenvalue weighted by molar-refractivity contribution is 7.93. The molecule has 7 heteroatoms. The molecule has 0 unspecified atom stereocenters. The van der Waals surface area contributed by atoms with E-state index in [1.807, 2.05) is 0 Å². The van der Waals surface area contributed by atoms with Gasteiger partial charge in [0.1, 0.15) is 9.77 Å². The maximum atomic E-state index is 12.8. The Hall–Kier alpha value is -1.86. The van der Waals surface area contributed by atoms with Gasteiger partial charge in [-0.3, -0.25) is 4.31 Å². The van der Waals surface area contributed by atoms with Gasteiger partial charge >= 0.3 is 5.97 Å². The van der Waals surface area contributed by atoms with Crippen LogP contribution < -0.4 is 4.31 Å². The highest BCUT2D eigenvalue weighted by Gasteiger charge is 2.31. The molecule has 0 saturated heterocycles. The molecule has 0 aliphatic rings. The highest BCUT2D eigenvalue weighted by atomic mass is 32.2. The maximum Gasteiger partial charge on any atom is 0.347 e. The van der Waals surface area contributed by atoms with Gasteiger partial charge in [0.05, 0.1) is 5.69 Å². The van der Waals surface area contributed by atoms with Crippen LogP contribution in [-0.4, -0.2) is 26.0 Å². The lowest BCUT2D eigenvalue weighted by Gasteiger charge is -2.23. The van der Waals surface area contributed by atoms with Gasteiger partial charge in [-0.05, 0) is 36.9 Å². The van der Waals surface area contributed by atoms with E-state index in [4.69, 9.17) is 0 Å². The Bertz CT molecular complexity index is 751. The molecule has 0 aliphatic carbocycles. The first-order valence-electron chi connectivity index (χ1n) is 6.28. The molecule has 0 atom stereocenters. The van der Waals surface area contributed by atoms with Crippen LogP contribution in [0.3, 0.4) is 0 Å². The van der Waals surface area contributed by atoms with E-state index in [9.17, 15) is 18.3 Å². The van der Waals surface area contributed by atoms with Crippen molar-refractivity contribution in [2.45, 2.75) is 18.7 Å². The summed E-state index contributed by atoms with van der Waals surface area (Å²) in [7, 11) is -3.90. The fourth-order valence-electron chi connectivity index (χ4n) is 2.10. The molecule has 0 saturated carbocycles. The van der Waals surface area contributed by atoms with E-state index in [-0.39, 0.29) is 16.3 Å². The van der Waals surface area contributed by atoms with Crippen molar-refractivity contribution >= 4 is 33.0 Å². The third kappa shape index (κ3) is 2.79. The van der Waals surface area contributed by atoms with Crippen LogP contribution in [0.5, 0.6) is 0 Å². The van der Waals surface area contributed by atoms with Crippen molar-refractivity contribution in [1.29, 1.82) is 0 Å². The Balaban J connectivity index is 2.61. The Morgan fingerprint density at radius 2 is 1.90 bits per heavy atom. The molecule has 112 valence electrons. The van der Waals surface area contributed by atoms with Crippen molar-refractivity contribution in [2.75, 3.05) is 10.8 Å². The summed E-state index contributed by atoms with van der Waals surface area (Å²) in [6.45, 7) is 3.54. The van der Waals surface area contributed by atoms with E-state index in [1.165, 1.54) is 4.31 Å². The van der Waals surface area contributed by atoms with Crippen molar-refractivity contribution in [3.63, 3.8) is 0 Å². The van der Waals surface area contributed by atoms with E-state index < -0.39 is 16.0 Å². The van der Waals surface area contributed by atoms with Gasteiger partial charge in [0, 0.05) is 6.54 Å². The SMILES string of the molecule is CCN(c1ccccc1)S(=O)(=O)c1c(C)csc1C(=O)O. The summed E-state index contributed by atoms with van der Waals surface area (Å²) in [5.74, 6) is -1.23. The standard InChI is InChI=1S/C14H15NO4S2/c1-3-15(11-7-5-4-6-8-11)21(18,19)13-10(2)9-20-12(13)14(16)17/h4-9H,3H2,1-2H3,(H,16,17). The molecule has 1 heterocycles. The van der Waals surface area contributed by atoms with Gasteiger partial charge in [0.25, 0.3) is 10.0 Å². The molecule has 0 fully saturated rings. The first kappa shape index (κ1) is 15.5. The number of carbonyl (C=O) groups is 1. The summed E-state index contributed by atoms with van der Waals surface area (Å²) in [5, 5.41) is 10.7. The van der Waals surface area contributed by atoms with Gasteiger partial charge in [-0.15, -0.1) is 11.3 Å². The zero-order valence-electron chi connectivity index (χ0n) is 11.6. The third-order valence-corrected chi connectivity index (χ3v) is 6.30. The van der Waals surface area contributed by atoms with Crippen LogP contribution in [0.25, 0.3) is 0 Å². The van der Waals surface area contributed by atoms with Crippen LogP contribution in [0.4, 0.5) is 5.69 Å². The van der Waals surface area contributed by atoms with Gasteiger partial charge in [0.15, 0.2) is 0 Å². The molecular weight excluding hydrogens is 310 g/mol. The van der Waals surface area contributed by atoms with E-state index in [0.29, 0.717) is 11.3 Å². The lowest BCUT2D eigenvalue weighted by molar-refractivity contribution is 0.0698. The molecule has 0 aliphatic heterocycles. The van der Waals surface area contributed by atoms with E-state index in [0.717, 1.165) is 11.3 Å². The first-order valence-corrected chi connectivity index (χ1v) is 8.60. The summed E-state index contributed by atoms with van der Waals surface area (Å²) in [4.78, 5) is 11.0. The summed E-state index contributed by atoms with van der Waals surface area (Å²) in [6.07, 6.45) is 0. The van der Waals surface area contributed by atoms with Crippen molar-refractivity contribution in [3.05, 3.63) is 46.2 Å². The van der Waals surface area contributed by atoms with Gasteiger partial charge in [-0.25, -0.2) is 13.2 Å². The zero-order chi connectivity index (χ0) is 15.6. The second-order valence-electron chi connectivity index (χ2n) is 4.39. The fourth-order valence-corrected chi connectivity index (χ4v) is 5.16. The smallest absolute Gasteiger partial charge is 0.347 e. The summed E-state index contributed by atoms with van der Waals surface area (Å²) in [5.41, 5.74) is 0.966. The third-order valence-electron chi connectivity index (χ3n) is 2.99. The molecular formula is C14H15NO4S2. The lowest BCUT2D eigenvalue weighted by Crippen LogP contribution is -2.31. The number of hydrogen-bond acceptors (Lipinski definition) is 4. The number of sulfonamides is 1. The average Bonchev–Trinajstić information content (AvgIpc) is 2.83. The minimum Gasteiger partial charge on any atom is -0.477 e. The number of para-hydroxylation sites is 1. The molecule has 1 aromatic heterocycles. The zero-order valence-corrected chi connectivity index (χ0v) is 13.2. The Morgan fingerprint density at radius 1 is 1.29 bits per heavy atom. The minimum atomic E-state index is -3.90. The molecule has 2 aromatic rings. The molecule has 0 bridgehead atoms. The number of aromatic carboxylic acids is 1. The van der Waals surface area contributed by atoms with Crippen molar-refractivity contribution in [2.24, 2.45) is 0 Å². The Kier molecular flexibility index (Phi) is 4.34. The van der Waals surface area contributed by atoms with Crippen LogP contribution in [0.2, 0.25) is 0 Å². The van der Waals surface area contributed by atoms with Crippen molar-refractivity contribution < 1.29 is 18.3 Å². The molecule has 1 aromatic carbocycles. The molecule has 0 amide bonds. The Morgan fingerprint density at radius 3 is 2.43 bits per heavy atom. The van der Waals surface area contributed by atoms with Crippen LogP contribution in [0, 0.1) is 6.92 Å². The van der Waals surface area contributed by atoms with Crippen molar-refractivity contribution in [3.8, 4) is 0 Å². The highest BCUT2D eigenvalue weighted by Crippen LogP contribution is 2.31. The summed E-state index contributed by atoms with van der Waals surface area (Å²) in [6, 6.07) is 8.65. The van der Waals surface area contributed by atoms with E-state index in [1.54, 1.807) is 49.6 Å². The number of carboxylic acid groups (broad SMARTS) is 1. The molecule has 2 rings (SSSR count). The molecule has 0 radical (unpaired) electrons. The quantitative estimate of drug-likeness (QED) is 0.917. The second kappa shape index (κ2) is 5.87. The number of aryl methyl sites for hydroxylation is 1. The number of nitrogens with zero attached hydrogens (tertiary/aromatic N) is 1. The lowest BCUT2D eigenvalue weighted by atomic mass is 10.3. The van der Waals surface area contributed by atoms with E-state index >= 15 is 0 Å². The van der Waals surface area contributed by atoms with Crippen LogP contribution >= 0.6 is 11.3 Å². The van der Waals surface area contributed by atoms with Crippen molar-refractivity contribution in [1.82, 2.24) is 0 Å². The van der Waals surface area contributed by atoms with Gasteiger partial charge in [-0.1, -0.05) is 18.2 Å².